The lowest BCUT2D eigenvalue weighted by Gasteiger charge is -2.38. The van der Waals surface area contributed by atoms with E-state index in [9.17, 15) is 15.0 Å². The molecular weight excluding hydrogens is 216 g/mol. The molecule has 0 heterocycles. The van der Waals surface area contributed by atoms with Crippen LogP contribution in [0.3, 0.4) is 0 Å². The van der Waals surface area contributed by atoms with Gasteiger partial charge in [0.25, 0.3) is 0 Å². The molecule has 0 radical (unpaired) electrons. The zero-order chi connectivity index (χ0) is 12.3. The molecule has 3 heteroatoms. The molecule has 2 aliphatic carbocycles. The van der Waals surface area contributed by atoms with Gasteiger partial charge in [0.1, 0.15) is 5.92 Å². The highest BCUT2D eigenvalue weighted by Crippen LogP contribution is 2.40. The van der Waals surface area contributed by atoms with E-state index < -0.39 is 17.5 Å². The number of aliphatic hydroxyl groups is 1. The molecule has 1 saturated carbocycles. The van der Waals surface area contributed by atoms with Crippen molar-refractivity contribution in [2.75, 3.05) is 0 Å². The van der Waals surface area contributed by atoms with E-state index in [1.807, 2.05) is 0 Å². The highest BCUT2D eigenvalue weighted by molar-refractivity contribution is 5.75. The van der Waals surface area contributed by atoms with E-state index in [2.05, 4.69) is 6.08 Å². The van der Waals surface area contributed by atoms with Crippen LogP contribution in [0.15, 0.2) is 11.6 Å². The number of allylic oxidation sites excluding steroid dienone is 1. The van der Waals surface area contributed by atoms with Gasteiger partial charge in [-0.25, -0.2) is 0 Å². The second-order valence-electron chi connectivity index (χ2n) is 5.46. The van der Waals surface area contributed by atoms with Gasteiger partial charge in [0.05, 0.1) is 5.60 Å². The van der Waals surface area contributed by atoms with Crippen molar-refractivity contribution in [1.29, 1.82) is 0 Å². The molecule has 0 saturated heterocycles. The van der Waals surface area contributed by atoms with E-state index in [-0.39, 0.29) is 0 Å². The number of carboxylic acids is 1. The molecule has 0 unspecified atom stereocenters. The molecule has 2 rings (SSSR count). The summed E-state index contributed by atoms with van der Waals surface area (Å²) in [5.41, 5.74) is -0.0269. The fourth-order valence-electron chi connectivity index (χ4n) is 3.31. The van der Waals surface area contributed by atoms with Crippen LogP contribution in [0.4, 0.5) is 0 Å². The van der Waals surface area contributed by atoms with E-state index in [1.54, 1.807) is 0 Å². The van der Waals surface area contributed by atoms with Gasteiger partial charge < -0.3 is 10.2 Å². The average Bonchev–Trinajstić information content (AvgIpc) is 2.30. The molecule has 0 aromatic rings. The van der Waals surface area contributed by atoms with Gasteiger partial charge in [-0.1, -0.05) is 30.9 Å². The quantitative estimate of drug-likeness (QED) is 0.743. The first-order chi connectivity index (χ1) is 8.13. The standard InChI is InChI=1S/C14H22O3/c15-13(16)12(11-7-3-1-4-8-11)14(17)9-5-2-6-10-14/h7,12,17H,1-6,8-10H2,(H,15,16)/t12-/m0/s1. The molecule has 0 aromatic carbocycles. The van der Waals surface area contributed by atoms with Crippen LogP contribution in [-0.4, -0.2) is 21.8 Å². The van der Waals surface area contributed by atoms with Crippen LogP contribution in [0.25, 0.3) is 0 Å². The topological polar surface area (TPSA) is 57.5 Å². The highest BCUT2D eigenvalue weighted by Gasteiger charge is 2.44. The van der Waals surface area contributed by atoms with Crippen LogP contribution < -0.4 is 0 Å². The number of hydrogen-bond acceptors (Lipinski definition) is 2. The Kier molecular flexibility index (Phi) is 3.87. The zero-order valence-electron chi connectivity index (χ0n) is 10.3. The Bertz CT molecular complexity index is 313. The monoisotopic (exact) mass is 238 g/mol. The first-order valence-corrected chi connectivity index (χ1v) is 6.77. The van der Waals surface area contributed by atoms with Crippen molar-refractivity contribution in [2.45, 2.75) is 63.4 Å². The molecule has 0 bridgehead atoms. The lowest BCUT2D eigenvalue weighted by molar-refractivity contribution is -0.151. The maximum atomic E-state index is 11.5. The number of carboxylic acid groups (broad SMARTS) is 1. The molecule has 0 amide bonds. The second-order valence-corrected chi connectivity index (χ2v) is 5.46. The number of aliphatic carboxylic acids is 1. The van der Waals surface area contributed by atoms with E-state index in [1.165, 1.54) is 0 Å². The van der Waals surface area contributed by atoms with Crippen LogP contribution in [0.2, 0.25) is 0 Å². The summed E-state index contributed by atoms with van der Waals surface area (Å²) in [6.45, 7) is 0. The molecule has 3 nitrogen and oxygen atoms in total. The summed E-state index contributed by atoms with van der Waals surface area (Å²) in [5, 5.41) is 20.1. The van der Waals surface area contributed by atoms with Gasteiger partial charge in [-0.15, -0.1) is 0 Å². The molecule has 17 heavy (non-hydrogen) atoms. The van der Waals surface area contributed by atoms with Gasteiger partial charge in [0.2, 0.25) is 0 Å². The average molecular weight is 238 g/mol. The lowest BCUT2D eigenvalue weighted by Crippen LogP contribution is -2.45. The predicted molar refractivity (Wildman–Crippen MR) is 65.7 cm³/mol. The van der Waals surface area contributed by atoms with Gasteiger partial charge >= 0.3 is 5.97 Å². The van der Waals surface area contributed by atoms with Crippen molar-refractivity contribution in [3.63, 3.8) is 0 Å². The fraction of sp³-hybridized carbons (Fsp3) is 0.786. The van der Waals surface area contributed by atoms with Crippen LogP contribution in [0.1, 0.15) is 57.8 Å². The number of hydrogen-bond donors (Lipinski definition) is 2. The summed E-state index contributed by atoms with van der Waals surface area (Å²) < 4.78 is 0. The van der Waals surface area contributed by atoms with Gasteiger partial charge in [0.15, 0.2) is 0 Å². The molecule has 0 aliphatic heterocycles. The summed E-state index contributed by atoms with van der Waals surface area (Å²) in [7, 11) is 0. The second kappa shape index (κ2) is 5.21. The summed E-state index contributed by atoms with van der Waals surface area (Å²) >= 11 is 0. The molecule has 96 valence electrons. The van der Waals surface area contributed by atoms with Crippen molar-refractivity contribution >= 4 is 5.97 Å². The van der Waals surface area contributed by atoms with E-state index in [0.29, 0.717) is 12.8 Å². The molecular formula is C14H22O3. The molecule has 2 aliphatic rings. The molecule has 0 aromatic heterocycles. The van der Waals surface area contributed by atoms with E-state index >= 15 is 0 Å². The predicted octanol–water partition coefficient (Wildman–Crippen LogP) is 2.88. The fourth-order valence-corrected chi connectivity index (χ4v) is 3.31. The number of rotatable bonds is 3. The number of carbonyl (C=O) groups is 1. The Labute approximate surface area is 103 Å². The van der Waals surface area contributed by atoms with E-state index in [0.717, 1.165) is 50.5 Å². The Morgan fingerprint density at radius 2 is 1.88 bits per heavy atom. The Morgan fingerprint density at radius 1 is 1.18 bits per heavy atom. The first kappa shape index (κ1) is 12.6. The summed E-state index contributed by atoms with van der Waals surface area (Å²) in [6, 6.07) is 0. The van der Waals surface area contributed by atoms with Crippen molar-refractivity contribution in [2.24, 2.45) is 5.92 Å². The maximum Gasteiger partial charge on any atom is 0.313 e. The SMILES string of the molecule is O=C(O)[C@H](C1=CCCCC1)C1(O)CCCCC1. The molecule has 1 fully saturated rings. The van der Waals surface area contributed by atoms with E-state index in [4.69, 9.17) is 0 Å². The maximum absolute atomic E-state index is 11.5. The van der Waals surface area contributed by atoms with Crippen LogP contribution in [-0.2, 0) is 4.79 Å². The first-order valence-electron chi connectivity index (χ1n) is 6.77. The smallest absolute Gasteiger partial charge is 0.313 e. The Balaban J connectivity index is 2.21. The van der Waals surface area contributed by atoms with Crippen LogP contribution >= 0.6 is 0 Å². The van der Waals surface area contributed by atoms with Gasteiger partial charge in [-0.05, 0) is 38.5 Å². The third kappa shape index (κ3) is 2.71. The van der Waals surface area contributed by atoms with Gasteiger partial charge in [-0.2, -0.15) is 0 Å². The van der Waals surface area contributed by atoms with Crippen molar-refractivity contribution in [3.8, 4) is 0 Å². The molecule has 0 spiro atoms. The molecule has 2 N–H and O–H groups in total. The third-order valence-corrected chi connectivity index (χ3v) is 4.20. The summed E-state index contributed by atoms with van der Waals surface area (Å²) in [6.07, 6.45) is 10.4. The minimum absolute atomic E-state index is 0.640. The van der Waals surface area contributed by atoms with Crippen LogP contribution in [0, 0.1) is 5.92 Å². The third-order valence-electron chi connectivity index (χ3n) is 4.20. The van der Waals surface area contributed by atoms with Gasteiger partial charge in [0, 0.05) is 0 Å². The van der Waals surface area contributed by atoms with Crippen molar-refractivity contribution < 1.29 is 15.0 Å². The van der Waals surface area contributed by atoms with Gasteiger partial charge in [-0.3, -0.25) is 4.79 Å². The summed E-state index contributed by atoms with van der Waals surface area (Å²) in [4.78, 5) is 11.5. The lowest BCUT2D eigenvalue weighted by atomic mass is 9.70. The molecule has 1 atom stereocenters. The zero-order valence-corrected chi connectivity index (χ0v) is 10.3. The minimum Gasteiger partial charge on any atom is -0.481 e. The normalized spacial score (nSPS) is 26.1. The van der Waals surface area contributed by atoms with Crippen LogP contribution in [0.5, 0.6) is 0 Å². The largest absolute Gasteiger partial charge is 0.481 e. The minimum atomic E-state index is -0.993. The van der Waals surface area contributed by atoms with Crippen molar-refractivity contribution in [3.05, 3.63) is 11.6 Å². The summed E-state index contributed by atoms with van der Waals surface area (Å²) in [5.74, 6) is -1.51. The highest BCUT2D eigenvalue weighted by atomic mass is 16.4. The Morgan fingerprint density at radius 3 is 2.41 bits per heavy atom. The Hall–Kier alpha value is -0.830. The van der Waals surface area contributed by atoms with Crippen molar-refractivity contribution in [1.82, 2.24) is 0 Å².